The number of nitrogens with zero attached hydrogens (tertiary/aromatic N) is 2. The van der Waals surface area contributed by atoms with E-state index in [1.54, 1.807) is 4.90 Å². The molecule has 3 rings (SSSR count). The number of benzene rings is 2. The van der Waals surface area contributed by atoms with Gasteiger partial charge in [-0.05, 0) is 49.0 Å². The van der Waals surface area contributed by atoms with E-state index in [1.807, 2.05) is 0 Å². The number of carbonyl (C=O) groups is 1. The summed E-state index contributed by atoms with van der Waals surface area (Å²) in [5.41, 5.74) is 0.591. The summed E-state index contributed by atoms with van der Waals surface area (Å²) in [5, 5.41) is 0. The zero-order valence-electron chi connectivity index (χ0n) is 15.1. The zero-order chi connectivity index (χ0) is 19.4. The molecule has 27 heavy (non-hydrogen) atoms. The number of likely N-dealkylation sites (N-methyl/N-ethyl adjacent to an activating group) is 1. The van der Waals surface area contributed by atoms with Crippen LogP contribution in [0.2, 0.25) is 0 Å². The number of halogens is 1. The lowest BCUT2D eigenvalue weighted by molar-refractivity contribution is 0.0643. The van der Waals surface area contributed by atoms with Crippen molar-refractivity contribution in [1.29, 1.82) is 0 Å². The molecule has 1 N–H and O–H groups in total. The van der Waals surface area contributed by atoms with E-state index in [4.69, 9.17) is 0 Å². The van der Waals surface area contributed by atoms with Gasteiger partial charge < -0.3 is 9.80 Å². The molecule has 2 aromatic carbocycles. The number of hydrogen-bond acceptors (Lipinski definition) is 4. The Morgan fingerprint density at radius 3 is 2.33 bits per heavy atom. The first-order valence-corrected chi connectivity index (χ1v) is 10.3. The minimum atomic E-state index is -3.86. The highest BCUT2D eigenvalue weighted by Gasteiger charge is 2.22. The number of rotatable bonds is 5. The van der Waals surface area contributed by atoms with Crippen LogP contribution in [0.1, 0.15) is 17.3 Å². The van der Waals surface area contributed by atoms with Crippen LogP contribution < -0.4 is 4.72 Å². The van der Waals surface area contributed by atoms with E-state index in [-0.39, 0.29) is 16.5 Å². The molecule has 1 fully saturated rings. The third kappa shape index (κ3) is 4.64. The first kappa shape index (κ1) is 19.3. The van der Waals surface area contributed by atoms with Crippen LogP contribution >= 0.6 is 0 Å². The smallest absolute Gasteiger partial charge is 0.261 e. The lowest BCUT2D eigenvalue weighted by Gasteiger charge is -2.34. The van der Waals surface area contributed by atoms with Crippen molar-refractivity contribution < 1.29 is 17.6 Å². The summed E-state index contributed by atoms with van der Waals surface area (Å²) in [6, 6.07) is 11.0. The average Bonchev–Trinajstić information content (AvgIpc) is 2.67. The fourth-order valence-electron chi connectivity index (χ4n) is 2.99. The van der Waals surface area contributed by atoms with E-state index in [0.717, 1.165) is 25.7 Å². The maximum atomic E-state index is 13.2. The molecule has 144 valence electrons. The molecule has 0 spiro atoms. The van der Waals surface area contributed by atoms with Gasteiger partial charge >= 0.3 is 0 Å². The minimum absolute atomic E-state index is 0.0131. The lowest BCUT2D eigenvalue weighted by atomic mass is 10.2. The molecule has 0 aliphatic carbocycles. The molecular weight excluding hydrogens is 369 g/mol. The van der Waals surface area contributed by atoms with Crippen molar-refractivity contribution in [3.05, 3.63) is 59.9 Å². The normalized spacial score (nSPS) is 15.6. The summed E-state index contributed by atoms with van der Waals surface area (Å²) in [7, 11) is -3.86. The summed E-state index contributed by atoms with van der Waals surface area (Å²) in [6.45, 7) is 6.06. The maximum Gasteiger partial charge on any atom is 0.261 e. The molecule has 2 aromatic rings. The van der Waals surface area contributed by atoms with Crippen molar-refractivity contribution in [1.82, 2.24) is 9.80 Å². The predicted octanol–water partition coefficient (Wildman–Crippen LogP) is 2.40. The average molecular weight is 391 g/mol. The standard InChI is InChI=1S/C19H22FN3O3S/c1-2-22-10-12-23(13-11-22)19(24)15-6-8-18(9-7-15)27(25,26)21-17-5-3-4-16(20)14-17/h3-9,14,21H,2,10-13H2,1H3. The topological polar surface area (TPSA) is 69.7 Å². The van der Waals surface area contributed by atoms with E-state index in [9.17, 15) is 17.6 Å². The number of anilines is 1. The van der Waals surface area contributed by atoms with Crippen molar-refractivity contribution in [2.45, 2.75) is 11.8 Å². The minimum Gasteiger partial charge on any atom is -0.336 e. The molecule has 1 amide bonds. The number of hydrogen-bond donors (Lipinski definition) is 1. The molecule has 1 aliphatic rings. The third-order valence-electron chi connectivity index (χ3n) is 4.60. The number of sulfonamides is 1. The molecule has 0 aromatic heterocycles. The Kier molecular flexibility index (Phi) is 5.76. The van der Waals surface area contributed by atoms with Crippen LogP contribution in [-0.4, -0.2) is 56.8 Å². The van der Waals surface area contributed by atoms with Gasteiger partial charge in [0.2, 0.25) is 0 Å². The van der Waals surface area contributed by atoms with Gasteiger partial charge in [-0.1, -0.05) is 13.0 Å². The summed E-state index contributed by atoms with van der Waals surface area (Å²) in [6.07, 6.45) is 0. The Morgan fingerprint density at radius 2 is 1.74 bits per heavy atom. The fourth-order valence-corrected chi connectivity index (χ4v) is 4.04. The van der Waals surface area contributed by atoms with Crippen LogP contribution in [0.25, 0.3) is 0 Å². The van der Waals surface area contributed by atoms with E-state index < -0.39 is 15.8 Å². The van der Waals surface area contributed by atoms with Crippen molar-refractivity contribution >= 4 is 21.6 Å². The van der Waals surface area contributed by atoms with E-state index in [1.165, 1.54) is 42.5 Å². The number of piperazine rings is 1. The second-order valence-corrected chi connectivity index (χ2v) is 8.05. The molecule has 1 saturated heterocycles. The van der Waals surface area contributed by atoms with Crippen molar-refractivity contribution in [3.63, 3.8) is 0 Å². The quantitative estimate of drug-likeness (QED) is 0.850. The Hall–Kier alpha value is -2.45. The molecule has 8 heteroatoms. The third-order valence-corrected chi connectivity index (χ3v) is 5.99. The van der Waals surface area contributed by atoms with E-state index >= 15 is 0 Å². The molecule has 0 saturated carbocycles. The molecule has 6 nitrogen and oxygen atoms in total. The largest absolute Gasteiger partial charge is 0.336 e. The van der Waals surface area contributed by atoms with Gasteiger partial charge in [-0.3, -0.25) is 9.52 Å². The van der Waals surface area contributed by atoms with Gasteiger partial charge in [0, 0.05) is 31.7 Å². The molecule has 0 unspecified atom stereocenters. The van der Waals surface area contributed by atoms with Gasteiger partial charge in [-0.25, -0.2) is 12.8 Å². The second kappa shape index (κ2) is 8.06. The molecule has 1 aliphatic heterocycles. The zero-order valence-corrected chi connectivity index (χ0v) is 15.9. The lowest BCUT2D eigenvalue weighted by Crippen LogP contribution is -2.48. The van der Waals surface area contributed by atoms with Crippen LogP contribution in [0.5, 0.6) is 0 Å². The summed E-state index contributed by atoms with van der Waals surface area (Å²) in [5.74, 6) is -0.632. The van der Waals surface area contributed by atoms with Crippen LogP contribution in [0.15, 0.2) is 53.4 Å². The Bertz CT molecular complexity index is 908. The molecular formula is C19H22FN3O3S. The SMILES string of the molecule is CCN1CCN(C(=O)c2ccc(S(=O)(=O)Nc3cccc(F)c3)cc2)CC1. The van der Waals surface area contributed by atoms with Gasteiger partial charge in [0.25, 0.3) is 15.9 Å². The summed E-state index contributed by atoms with van der Waals surface area (Å²) < 4.78 is 40.4. The number of carbonyl (C=O) groups excluding carboxylic acids is 1. The molecule has 0 radical (unpaired) electrons. The predicted molar refractivity (Wildman–Crippen MR) is 102 cm³/mol. The first-order chi connectivity index (χ1) is 12.9. The van der Waals surface area contributed by atoms with Crippen LogP contribution in [-0.2, 0) is 10.0 Å². The van der Waals surface area contributed by atoms with Gasteiger partial charge in [0.15, 0.2) is 0 Å². The van der Waals surface area contributed by atoms with Crippen molar-refractivity contribution in [3.8, 4) is 0 Å². The summed E-state index contributed by atoms with van der Waals surface area (Å²) >= 11 is 0. The number of nitrogens with one attached hydrogen (secondary N) is 1. The number of amides is 1. The van der Waals surface area contributed by atoms with Gasteiger partial charge in [0.05, 0.1) is 10.6 Å². The van der Waals surface area contributed by atoms with Crippen molar-refractivity contribution in [2.24, 2.45) is 0 Å². The van der Waals surface area contributed by atoms with Crippen LogP contribution in [0.4, 0.5) is 10.1 Å². The Labute approximate surface area is 158 Å². The Morgan fingerprint density at radius 1 is 1.07 bits per heavy atom. The van der Waals surface area contributed by atoms with E-state index in [2.05, 4.69) is 16.5 Å². The monoisotopic (exact) mass is 391 g/mol. The molecule has 1 heterocycles. The fraction of sp³-hybridized carbons (Fsp3) is 0.316. The van der Waals surface area contributed by atoms with Crippen molar-refractivity contribution in [2.75, 3.05) is 37.4 Å². The second-order valence-electron chi connectivity index (χ2n) is 6.37. The van der Waals surface area contributed by atoms with Crippen LogP contribution in [0, 0.1) is 5.82 Å². The summed E-state index contributed by atoms with van der Waals surface area (Å²) in [4.78, 5) is 16.7. The van der Waals surface area contributed by atoms with Crippen LogP contribution in [0.3, 0.4) is 0 Å². The van der Waals surface area contributed by atoms with Gasteiger partial charge in [-0.15, -0.1) is 0 Å². The van der Waals surface area contributed by atoms with Gasteiger partial charge in [-0.2, -0.15) is 0 Å². The maximum absolute atomic E-state index is 13.2. The highest BCUT2D eigenvalue weighted by Crippen LogP contribution is 2.18. The molecule has 0 atom stereocenters. The molecule has 0 bridgehead atoms. The highest BCUT2D eigenvalue weighted by atomic mass is 32.2. The first-order valence-electron chi connectivity index (χ1n) is 8.79. The van der Waals surface area contributed by atoms with Gasteiger partial charge in [0.1, 0.15) is 5.82 Å². The van der Waals surface area contributed by atoms with E-state index in [0.29, 0.717) is 18.7 Å². The highest BCUT2D eigenvalue weighted by molar-refractivity contribution is 7.92. The Balaban J connectivity index is 1.70.